The van der Waals surface area contributed by atoms with Gasteiger partial charge in [0.1, 0.15) is 23.5 Å². The number of nitrogens with zero attached hydrogens (tertiary/aromatic N) is 1. The minimum atomic E-state index is 0.0324. The van der Waals surface area contributed by atoms with E-state index in [0.717, 1.165) is 11.3 Å². The van der Waals surface area contributed by atoms with E-state index >= 15 is 0 Å². The lowest BCUT2D eigenvalue weighted by molar-refractivity contribution is 0.660. The van der Waals surface area contributed by atoms with Gasteiger partial charge >= 0.3 is 0 Å². The summed E-state index contributed by atoms with van der Waals surface area (Å²) in [5.41, 5.74) is 13.0. The zero-order chi connectivity index (χ0) is 17.9. The lowest BCUT2D eigenvalue weighted by atomic mass is 9.68. The van der Waals surface area contributed by atoms with E-state index in [0.29, 0.717) is 0 Å². The zero-order valence-corrected chi connectivity index (χ0v) is 16.0. The molecular formula is C20H21B4N. The van der Waals surface area contributed by atoms with Crippen LogP contribution in [0.25, 0.3) is 22.4 Å². The van der Waals surface area contributed by atoms with Crippen LogP contribution in [0.1, 0.15) is 25.0 Å². The molecule has 0 atom stereocenters. The number of benzene rings is 2. The lowest BCUT2D eigenvalue weighted by Gasteiger charge is -2.22. The van der Waals surface area contributed by atoms with Crippen LogP contribution in [0.4, 0.5) is 0 Å². The molecule has 0 aliphatic heterocycles. The molecule has 0 amide bonds. The molecule has 0 spiro atoms. The molecule has 0 saturated carbocycles. The highest BCUT2D eigenvalue weighted by Gasteiger charge is 2.35. The number of hydrogen-bond acceptors (Lipinski definition) is 1. The van der Waals surface area contributed by atoms with E-state index in [1.165, 1.54) is 44.2 Å². The topological polar surface area (TPSA) is 12.9 Å². The summed E-state index contributed by atoms with van der Waals surface area (Å²) in [6, 6.07) is 15.7. The number of fused-ring (bicyclic) bond motifs is 3. The first kappa shape index (κ1) is 16.3. The normalized spacial score (nSPS) is 14.2. The predicted octanol–water partition coefficient (Wildman–Crippen LogP) is -1.91. The Bertz CT molecular complexity index is 1020. The van der Waals surface area contributed by atoms with Crippen molar-refractivity contribution in [2.75, 3.05) is 0 Å². The molecule has 3 aromatic rings. The molecule has 5 heteroatoms. The van der Waals surface area contributed by atoms with Crippen LogP contribution in [0.5, 0.6) is 0 Å². The summed E-state index contributed by atoms with van der Waals surface area (Å²) >= 11 is 0. The maximum absolute atomic E-state index is 4.93. The number of pyridine rings is 1. The summed E-state index contributed by atoms with van der Waals surface area (Å²) in [5.74, 6) is 0. The van der Waals surface area contributed by atoms with Crippen LogP contribution in [0.15, 0.2) is 42.5 Å². The van der Waals surface area contributed by atoms with Crippen LogP contribution < -0.4 is 22.0 Å². The highest BCUT2D eigenvalue weighted by atomic mass is 14.7. The summed E-state index contributed by atoms with van der Waals surface area (Å²) in [7, 11) is 8.67. The van der Waals surface area contributed by atoms with E-state index in [1.807, 2.05) is 0 Å². The van der Waals surface area contributed by atoms with E-state index in [2.05, 4.69) is 87.7 Å². The average Bonchev–Trinajstić information content (AvgIpc) is 2.84. The second-order valence-electron chi connectivity index (χ2n) is 7.85. The summed E-state index contributed by atoms with van der Waals surface area (Å²) in [4.78, 5) is 4.93. The van der Waals surface area contributed by atoms with Gasteiger partial charge in [-0.15, -0.1) is 0 Å². The van der Waals surface area contributed by atoms with E-state index in [-0.39, 0.29) is 5.41 Å². The Labute approximate surface area is 153 Å². The van der Waals surface area contributed by atoms with Gasteiger partial charge < -0.3 is 0 Å². The Morgan fingerprint density at radius 2 is 1.44 bits per heavy atom. The Balaban J connectivity index is 1.95. The minimum absolute atomic E-state index is 0.0324. The lowest BCUT2D eigenvalue weighted by Crippen LogP contribution is -2.49. The third-order valence-corrected chi connectivity index (χ3v) is 6.16. The van der Waals surface area contributed by atoms with Gasteiger partial charge in [0, 0.05) is 5.41 Å². The summed E-state index contributed by atoms with van der Waals surface area (Å²) in [6.07, 6.45) is 0. The van der Waals surface area contributed by atoms with Gasteiger partial charge in [-0.2, -0.15) is 0 Å². The van der Waals surface area contributed by atoms with Crippen molar-refractivity contribution >= 4 is 53.4 Å². The van der Waals surface area contributed by atoms with Crippen LogP contribution in [-0.4, -0.2) is 36.4 Å². The monoisotopic (exact) mass is 319 g/mol. The number of aromatic nitrogens is 1. The van der Waals surface area contributed by atoms with Crippen molar-refractivity contribution < 1.29 is 0 Å². The molecule has 2 aromatic carbocycles. The van der Waals surface area contributed by atoms with Gasteiger partial charge in [0.25, 0.3) is 0 Å². The molecule has 0 N–H and O–H groups in total. The molecular weight excluding hydrogens is 297 g/mol. The van der Waals surface area contributed by atoms with Crippen molar-refractivity contribution in [2.24, 2.45) is 0 Å². The van der Waals surface area contributed by atoms with Crippen molar-refractivity contribution in [1.82, 2.24) is 4.98 Å². The van der Waals surface area contributed by atoms with Gasteiger partial charge in [0.15, 0.2) is 7.85 Å². The van der Waals surface area contributed by atoms with Crippen LogP contribution >= 0.6 is 0 Å². The number of hydrogen-bond donors (Lipinski definition) is 0. The molecule has 0 radical (unpaired) electrons. The Morgan fingerprint density at radius 1 is 0.760 bits per heavy atom. The summed E-state index contributed by atoms with van der Waals surface area (Å²) < 4.78 is 0. The molecule has 0 bridgehead atoms. The van der Waals surface area contributed by atoms with Crippen molar-refractivity contribution in [1.29, 1.82) is 0 Å². The maximum atomic E-state index is 4.93. The molecule has 1 nitrogen and oxygen atoms in total. The highest BCUT2D eigenvalue weighted by Crippen LogP contribution is 2.49. The summed E-state index contributed by atoms with van der Waals surface area (Å²) in [5, 5.41) is 0. The van der Waals surface area contributed by atoms with Gasteiger partial charge in [-0.05, 0) is 39.5 Å². The van der Waals surface area contributed by atoms with Crippen LogP contribution in [-0.2, 0) is 5.41 Å². The smallest absolute Gasteiger partial charge is 0.163 e. The van der Waals surface area contributed by atoms with E-state index in [4.69, 9.17) is 4.98 Å². The molecule has 0 saturated heterocycles. The minimum Gasteiger partial charge on any atom is -0.265 e. The summed E-state index contributed by atoms with van der Waals surface area (Å²) in [6.45, 7) is 4.65. The molecule has 1 aromatic heterocycles. The van der Waals surface area contributed by atoms with Gasteiger partial charge in [-0.1, -0.05) is 66.6 Å². The second kappa shape index (κ2) is 5.42. The predicted molar refractivity (Wildman–Crippen MR) is 120 cm³/mol. The van der Waals surface area contributed by atoms with Crippen LogP contribution in [0.2, 0.25) is 0 Å². The molecule has 0 unspecified atom stereocenters. The van der Waals surface area contributed by atoms with Crippen molar-refractivity contribution in [3.8, 4) is 22.4 Å². The second-order valence-corrected chi connectivity index (χ2v) is 7.85. The fourth-order valence-electron chi connectivity index (χ4n) is 4.20. The van der Waals surface area contributed by atoms with Crippen LogP contribution in [0, 0.1) is 0 Å². The fourth-order valence-corrected chi connectivity index (χ4v) is 4.20. The van der Waals surface area contributed by atoms with Gasteiger partial charge in [0.2, 0.25) is 0 Å². The quantitative estimate of drug-likeness (QED) is 0.477. The third-order valence-electron chi connectivity index (χ3n) is 6.16. The van der Waals surface area contributed by atoms with Gasteiger partial charge in [-0.25, -0.2) is 0 Å². The molecule has 1 aliphatic rings. The van der Waals surface area contributed by atoms with Gasteiger partial charge in [-0.3, -0.25) is 4.98 Å². The molecule has 118 valence electrons. The van der Waals surface area contributed by atoms with Crippen molar-refractivity contribution in [3.63, 3.8) is 0 Å². The van der Waals surface area contributed by atoms with E-state index in [9.17, 15) is 0 Å². The van der Waals surface area contributed by atoms with E-state index in [1.54, 1.807) is 0 Å². The molecule has 25 heavy (non-hydrogen) atoms. The highest BCUT2D eigenvalue weighted by molar-refractivity contribution is 6.62. The van der Waals surface area contributed by atoms with Crippen molar-refractivity contribution in [3.05, 3.63) is 53.6 Å². The van der Waals surface area contributed by atoms with Crippen LogP contribution in [0.3, 0.4) is 0 Å². The third kappa shape index (κ3) is 2.25. The van der Waals surface area contributed by atoms with Crippen molar-refractivity contribution in [2.45, 2.75) is 19.3 Å². The Kier molecular flexibility index (Phi) is 3.54. The first-order valence-corrected chi connectivity index (χ1v) is 9.01. The molecule has 4 rings (SSSR count). The first-order valence-electron chi connectivity index (χ1n) is 9.01. The van der Waals surface area contributed by atoms with Gasteiger partial charge in [0.05, 0.1) is 5.69 Å². The Morgan fingerprint density at radius 3 is 2.20 bits per heavy atom. The SMILES string of the molecule is Bc1nc(-c2ccc3c(c2)C(C)(C)c2ccccc2-3)c(B)c(B)c1B. The fraction of sp³-hybridized carbons (Fsp3) is 0.150. The zero-order valence-electron chi connectivity index (χ0n) is 16.0. The maximum Gasteiger partial charge on any atom is 0.163 e. The standard InChI is InChI=1S/C20H21B4N/c1-20(2)13-6-4-3-5-11(13)12-8-7-10(9-14(12)20)18-16(22)15(21)17(23)19(24)25-18/h3-9H,21-24H2,1-2H3. The molecule has 1 aliphatic carbocycles. The number of rotatable bonds is 1. The molecule has 1 heterocycles. The van der Waals surface area contributed by atoms with E-state index < -0.39 is 0 Å². The average molecular weight is 319 g/mol. The first-order chi connectivity index (χ1) is 11.8. The Hall–Kier alpha value is -2.15. The molecule has 0 fully saturated rings. The largest absolute Gasteiger partial charge is 0.265 e.